The first-order valence-electron chi connectivity index (χ1n) is 6.15. The number of benzene rings is 1. The normalized spacial score (nSPS) is 10.5. The minimum Gasteiger partial charge on any atom is -0.396 e. The van der Waals surface area contributed by atoms with Crippen molar-refractivity contribution in [3.05, 3.63) is 29.8 Å². The Balaban J connectivity index is 2.46. The first-order chi connectivity index (χ1) is 8.27. The zero-order valence-corrected chi connectivity index (χ0v) is 11.1. The smallest absolute Gasteiger partial charge is 0.162 e. The molecule has 3 heteroatoms. The van der Waals surface area contributed by atoms with Gasteiger partial charge in [0.2, 0.25) is 0 Å². The third kappa shape index (κ3) is 5.37. The molecule has 1 rings (SSSR count). The molecule has 0 unspecified atom stereocenters. The zero-order chi connectivity index (χ0) is 12.5. The summed E-state index contributed by atoms with van der Waals surface area (Å²) in [6, 6.07) is 7.78. The minimum absolute atomic E-state index is 0.235. The van der Waals surface area contributed by atoms with E-state index in [2.05, 4.69) is 6.92 Å². The molecule has 94 valence electrons. The number of hydrogen-bond donors (Lipinski definition) is 1. The highest BCUT2D eigenvalue weighted by atomic mass is 32.2. The van der Waals surface area contributed by atoms with Gasteiger partial charge in [0.05, 0.1) is 0 Å². The Hall–Kier alpha value is -0.800. The van der Waals surface area contributed by atoms with Crippen molar-refractivity contribution in [3.63, 3.8) is 0 Å². The summed E-state index contributed by atoms with van der Waals surface area (Å²) in [5, 5.41) is 8.69. The van der Waals surface area contributed by atoms with Gasteiger partial charge in [-0.1, -0.05) is 25.5 Å². The van der Waals surface area contributed by atoms with Crippen LogP contribution in [0.15, 0.2) is 29.2 Å². The second-order valence-electron chi connectivity index (χ2n) is 3.98. The van der Waals surface area contributed by atoms with Crippen molar-refractivity contribution >= 4 is 17.5 Å². The highest BCUT2D eigenvalue weighted by Crippen LogP contribution is 2.19. The van der Waals surface area contributed by atoms with E-state index in [1.807, 2.05) is 24.3 Å². The van der Waals surface area contributed by atoms with Crippen LogP contribution < -0.4 is 0 Å². The van der Waals surface area contributed by atoms with Crippen LogP contribution in [-0.4, -0.2) is 23.2 Å². The van der Waals surface area contributed by atoms with Crippen LogP contribution in [0, 0.1) is 0 Å². The van der Waals surface area contributed by atoms with Gasteiger partial charge in [-0.2, -0.15) is 0 Å². The van der Waals surface area contributed by atoms with Crippen molar-refractivity contribution in [3.8, 4) is 0 Å². The van der Waals surface area contributed by atoms with Crippen LogP contribution in [0.5, 0.6) is 0 Å². The van der Waals surface area contributed by atoms with E-state index in [1.165, 1.54) is 0 Å². The van der Waals surface area contributed by atoms with E-state index in [9.17, 15) is 4.79 Å². The molecule has 0 fully saturated rings. The van der Waals surface area contributed by atoms with Gasteiger partial charge in [0.1, 0.15) is 0 Å². The highest BCUT2D eigenvalue weighted by Gasteiger charge is 2.04. The van der Waals surface area contributed by atoms with Gasteiger partial charge in [-0.25, -0.2) is 0 Å². The molecule has 2 nitrogen and oxygen atoms in total. The van der Waals surface area contributed by atoms with Crippen molar-refractivity contribution in [1.29, 1.82) is 0 Å². The minimum atomic E-state index is 0.235. The third-order valence-corrected chi connectivity index (χ3v) is 3.60. The summed E-state index contributed by atoms with van der Waals surface area (Å²) < 4.78 is 0. The van der Waals surface area contributed by atoms with E-state index in [1.54, 1.807) is 11.8 Å². The summed E-state index contributed by atoms with van der Waals surface area (Å²) in [7, 11) is 0. The van der Waals surface area contributed by atoms with E-state index < -0.39 is 0 Å². The molecule has 0 aliphatic heterocycles. The van der Waals surface area contributed by atoms with E-state index in [0.29, 0.717) is 6.42 Å². The number of aliphatic hydroxyl groups excluding tert-OH is 1. The second kappa shape index (κ2) is 8.31. The van der Waals surface area contributed by atoms with Crippen LogP contribution in [0.2, 0.25) is 0 Å². The Labute approximate surface area is 107 Å². The molecule has 0 aromatic heterocycles. The predicted molar refractivity (Wildman–Crippen MR) is 72.7 cm³/mol. The molecule has 0 saturated heterocycles. The summed E-state index contributed by atoms with van der Waals surface area (Å²) in [5.74, 6) is 1.15. The second-order valence-corrected chi connectivity index (χ2v) is 5.15. The quantitative estimate of drug-likeness (QED) is 0.437. The lowest BCUT2D eigenvalue weighted by Crippen LogP contribution is -1.98. The molecule has 0 saturated carbocycles. The number of carbonyl (C=O) groups excluding carboxylic acids is 1. The van der Waals surface area contributed by atoms with Gasteiger partial charge in [-0.05, 0) is 25.0 Å². The monoisotopic (exact) mass is 252 g/mol. The van der Waals surface area contributed by atoms with Crippen LogP contribution in [0.1, 0.15) is 43.0 Å². The number of hydrogen-bond acceptors (Lipinski definition) is 3. The molecule has 0 amide bonds. The average molecular weight is 252 g/mol. The fraction of sp³-hybridized carbons (Fsp3) is 0.500. The Morgan fingerprint density at radius 2 is 1.94 bits per heavy atom. The number of aliphatic hydroxyl groups is 1. The lowest BCUT2D eigenvalue weighted by atomic mass is 10.1. The largest absolute Gasteiger partial charge is 0.396 e. The maximum atomic E-state index is 11.7. The van der Waals surface area contributed by atoms with Crippen LogP contribution in [-0.2, 0) is 0 Å². The SMILES string of the molecule is CCCCC(=O)c1ccc(SCCCO)cc1. The van der Waals surface area contributed by atoms with Gasteiger partial charge in [0, 0.05) is 29.2 Å². The number of carbonyl (C=O) groups is 1. The lowest BCUT2D eigenvalue weighted by molar-refractivity contribution is 0.0979. The molecule has 0 aliphatic carbocycles. The van der Waals surface area contributed by atoms with Gasteiger partial charge in [-0.3, -0.25) is 4.79 Å². The molecule has 17 heavy (non-hydrogen) atoms. The van der Waals surface area contributed by atoms with E-state index in [-0.39, 0.29) is 12.4 Å². The molecule has 0 bridgehead atoms. The first kappa shape index (κ1) is 14.3. The number of Topliss-reactive ketones (excluding diaryl/α,β-unsaturated/α-hetero) is 1. The molecule has 0 aliphatic rings. The molecule has 1 N–H and O–H groups in total. The maximum absolute atomic E-state index is 11.7. The van der Waals surface area contributed by atoms with Crippen LogP contribution >= 0.6 is 11.8 Å². The zero-order valence-electron chi connectivity index (χ0n) is 10.3. The Bertz CT molecular complexity index is 333. The van der Waals surface area contributed by atoms with Crippen LogP contribution in [0.3, 0.4) is 0 Å². The molecule has 0 atom stereocenters. The molecule has 0 spiro atoms. The molecule has 0 radical (unpaired) electrons. The third-order valence-electron chi connectivity index (χ3n) is 2.50. The summed E-state index contributed by atoms with van der Waals surface area (Å²) >= 11 is 1.71. The van der Waals surface area contributed by atoms with Crippen molar-refractivity contribution < 1.29 is 9.90 Å². The van der Waals surface area contributed by atoms with Gasteiger partial charge >= 0.3 is 0 Å². The summed E-state index contributed by atoms with van der Waals surface area (Å²) in [5.41, 5.74) is 0.810. The number of unbranched alkanes of at least 4 members (excludes halogenated alkanes) is 1. The standard InChI is InChI=1S/C14H20O2S/c1-2-3-5-14(16)12-6-8-13(9-7-12)17-11-4-10-15/h6-9,15H,2-5,10-11H2,1H3. The summed E-state index contributed by atoms with van der Waals surface area (Å²) in [6.07, 6.45) is 3.47. The van der Waals surface area contributed by atoms with E-state index in [0.717, 1.165) is 35.5 Å². The predicted octanol–water partition coefficient (Wildman–Crippen LogP) is 3.53. The van der Waals surface area contributed by atoms with Gasteiger partial charge < -0.3 is 5.11 Å². The van der Waals surface area contributed by atoms with Crippen LogP contribution in [0.4, 0.5) is 0 Å². The van der Waals surface area contributed by atoms with Gasteiger partial charge in [0.25, 0.3) is 0 Å². The Morgan fingerprint density at radius 1 is 1.24 bits per heavy atom. The molecular weight excluding hydrogens is 232 g/mol. The van der Waals surface area contributed by atoms with E-state index >= 15 is 0 Å². The Morgan fingerprint density at radius 3 is 2.53 bits per heavy atom. The summed E-state index contributed by atoms with van der Waals surface area (Å²) in [6.45, 7) is 2.33. The lowest BCUT2D eigenvalue weighted by Gasteiger charge is -2.03. The molecule has 1 aromatic rings. The molecule has 1 aromatic carbocycles. The topological polar surface area (TPSA) is 37.3 Å². The van der Waals surface area contributed by atoms with E-state index in [4.69, 9.17) is 5.11 Å². The highest BCUT2D eigenvalue weighted by molar-refractivity contribution is 7.99. The van der Waals surface area contributed by atoms with Crippen molar-refractivity contribution in [2.45, 2.75) is 37.5 Å². The fourth-order valence-corrected chi connectivity index (χ4v) is 2.31. The van der Waals surface area contributed by atoms with Gasteiger partial charge in [0.15, 0.2) is 5.78 Å². The van der Waals surface area contributed by atoms with Gasteiger partial charge in [-0.15, -0.1) is 11.8 Å². The van der Waals surface area contributed by atoms with Crippen molar-refractivity contribution in [1.82, 2.24) is 0 Å². The number of rotatable bonds is 8. The average Bonchev–Trinajstić information content (AvgIpc) is 2.37. The number of ketones is 1. The number of thioether (sulfide) groups is 1. The Kier molecular flexibility index (Phi) is 6.97. The maximum Gasteiger partial charge on any atom is 0.162 e. The summed E-state index contributed by atoms with van der Waals surface area (Å²) in [4.78, 5) is 12.9. The first-order valence-corrected chi connectivity index (χ1v) is 7.13. The van der Waals surface area contributed by atoms with Crippen molar-refractivity contribution in [2.24, 2.45) is 0 Å². The van der Waals surface area contributed by atoms with Crippen molar-refractivity contribution in [2.75, 3.05) is 12.4 Å². The van der Waals surface area contributed by atoms with Crippen LogP contribution in [0.25, 0.3) is 0 Å². The molecule has 0 heterocycles. The molecular formula is C14H20O2S. The fourth-order valence-electron chi connectivity index (χ4n) is 1.47.